The molecule has 32 heavy (non-hydrogen) atoms. The first-order valence-corrected chi connectivity index (χ1v) is 10.0. The van der Waals surface area contributed by atoms with Crippen molar-refractivity contribution in [3.63, 3.8) is 0 Å². The van der Waals surface area contributed by atoms with Crippen LogP contribution in [0.5, 0.6) is 11.5 Å². The van der Waals surface area contributed by atoms with Crippen molar-refractivity contribution in [2.24, 2.45) is 0 Å². The first kappa shape index (κ1) is 22.6. The molecule has 1 aromatic carbocycles. The Balaban J connectivity index is 1.49. The number of hydrogen-bond acceptors (Lipinski definition) is 8. The molecule has 0 aliphatic heterocycles. The van der Waals surface area contributed by atoms with Gasteiger partial charge in [-0.3, -0.25) is 0 Å². The van der Waals surface area contributed by atoms with Crippen LogP contribution in [-0.2, 0) is 0 Å². The van der Waals surface area contributed by atoms with E-state index in [-0.39, 0.29) is 6.03 Å². The van der Waals surface area contributed by atoms with Crippen LogP contribution in [0.2, 0.25) is 0 Å². The highest BCUT2D eigenvalue weighted by Crippen LogP contribution is 2.29. The molecule has 0 saturated heterocycles. The number of amides is 2. The summed E-state index contributed by atoms with van der Waals surface area (Å²) in [5.41, 5.74) is 1.70. The number of benzene rings is 1. The first-order valence-electron chi connectivity index (χ1n) is 10.0. The standard InChI is InChI=1S/C22H27N7O3/c1-14-7-8-23-19(11-14)29-21-13-20(26-15(2)27-21)24-9-10-25-22(30)28-16-5-6-17(31-3)18(12-16)32-4/h5-8,11-13H,9-10H2,1-4H3,(H2,25,28,30)(H2,23,24,26,27,29). The number of nitrogens with one attached hydrogen (secondary N) is 4. The normalized spacial score (nSPS) is 10.2. The second-order valence-electron chi connectivity index (χ2n) is 6.91. The number of nitrogens with zero attached hydrogens (tertiary/aromatic N) is 3. The molecule has 10 heteroatoms. The van der Waals surface area contributed by atoms with Gasteiger partial charge in [0.2, 0.25) is 0 Å². The van der Waals surface area contributed by atoms with Gasteiger partial charge in [0, 0.05) is 37.1 Å². The number of urea groups is 1. The Kier molecular flexibility index (Phi) is 7.63. The fourth-order valence-corrected chi connectivity index (χ4v) is 2.91. The molecule has 0 aliphatic rings. The van der Waals surface area contributed by atoms with Crippen LogP contribution in [0.1, 0.15) is 11.4 Å². The topological polar surface area (TPSA) is 122 Å². The van der Waals surface area contributed by atoms with Crippen LogP contribution in [-0.4, -0.2) is 48.3 Å². The highest BCUT2D eigenvalue weighted by molar-refractivity contribution is 5.89. The summed E-state index contributed by atoms with van der Waals surface area (Å²) in [6.45, 7) is 4.69. The average Bonchev–Trinajstić information content (AvgIpc) is 2.76. The lowest BCUT2D eigenvalue weighted by Crippen LogP contribution is -2.32. The maximum Gasteiger partial charge on any atom is 0.319 e. The van der Waals surface area contributed by atoms with Gasteiger partial charge in [0.1, 0.15) is 23.3 Å². The van der Waals surface area contributed by atoms with Gasteiger partial charge in [-0.15, -0.1) is 0 Å². The SMILES string of the molecule is COc1ccc(NC(=O)NCCNc2cc(Nc3cc(C)ccn3)nc(C)n2)cc1OC. The predicted molar refractivity (Wildman–Crippen MR) is 124 cm³/mol. The zero-order valence-electron chi connectivity index (χ0n) is 18.5. The molecule has 0 saturated carbocycles. The van der Waals surface area contributed by atoms with Crippen molar-refractivity contribution in [1.82, 2.24) is 20.3 Å². The second kappa shape index (κ2) is 10.8. The van der Waals surface area contributed by atoms with Crippen LogP contribution in [0.15, 0.2) is 42.6 Å². The van der Waals surface area contributed by atoms with Gasteiger partial charge in [0.25, 0.3) is 0 Å². The van der Waals surface area contributed by atoms with Crippen LogP contribution in [0.25, 0.3) is 0 Å². The van der Waals surface area contributed by atoms with Crippen LogP contribution >= 0.6 is 0 Å². The fourth-order valence-electron chi connectivity index (χ4n) is 2.91. The molecular formula is C22H27N7O3. The summed E-state index contributed by atoms with van der Waals surface area (Å²) in [7, 11) is 3.10. The van der Waals surface area contributed by atoms with Gasteiger partial charge in [-0.2, -0.15) is 0 Å². The van der Waals surface area contributed by atoms with Crippen molar-refractivity contribution in [2.75, 3.05) is 43.3 Å². The Hall–Kier alpha value is -4.08. The van der Waals surface area contributed by atoms with Crippen molar-refractivity contribution in [2.45, 2.75) is 13.8 Å². The minimum absolute atomic E-state index is 0.328. The summed E-state index contributed by atoms with van der Waals surface area (Å²) < 4.78 is 10.4. The van der Waals surface area contributed by atoms with E-state index in [9.17, 15) is 4.79 Å². The molecule has 2 amide bonds. The highest BCUT2D eigenvalue weighted by Gasteiger charge is 2.07. The molecular weight excluding hydrogens is 410 g/mol. The molecule has 0 radical (unpaired) electrons. The van der Waals surface area contributed by atoms with E-state index in [1.807, 2.05) is 26.0 Å². The number of carbonyl (C=O) groups excluding carboxylic acids is 1. The number of carbonyl (C=O) groups is 1. The van der Waals surface area contributed by atoms with Gasteiger partial charge in [0.15, 0.2) is 11.5 Å². The fraction of sp³-hybridized carbons (Fsp3) is 0.273. The average molecular weight is 438 g/mol. The summed E-state index contributed by atoms with van der Waals surface area (Å²) in [6.07, 6.45) is 1.74. The number of aromatic nitrogens is 3. The number of methoxy groups -OCH3 is 2. The molecule has 0 unspecified atom stereocenters. The van der Waals surface area contributed by atoms with E-state index in [0.717, 1.165) is 5.56 Å². The van der Waals surface area contributed by atoms with Crippen LogP contribution in [0, 0.1) is 13.8 Å². The summed E-state index contributed by atoms with van der Waals surface area (Å²) in [5.74, 6) is 3.74. The van der Waals surface area contributed by atoms with E-state index in [2.05, 4.69) is 36.2 Å². The number of ether oxygens (including phenoxy) is 2. The van der Waals surface area contributed by atoms with Crippen LogP contribution < -0.4 is 30.7 Å². The Morgan fingerprint density at radius 1 is 0.906 bits per heavy atom. The van der Waals surface area contributed by atoms with E-state index in [4.69, 9.17) is 9.47 Å². The lowest BCUT2D eigenvalue weighted by atomic mass is 10.3. The molecule has 0 atom stereocenters. The third kappa shape index (κ3) is 6.46. The lowest BCUT2D eigenvalue weighted by Gasteiger charge is -2.12. The maximum atomic E-state index is 12.2. The van der Waals surface area contributed by atoms with Crippen molar-refractivity contribution < 1.29 is 14.3 Å². The number of anilines is 4. The third-order valence-electron chi connectivity index (χ3n) is 4.37. The van der Waals surface area contributed by atoms with E-state index < -0.39 is 0 Å². The Bertz CT molecular complexity index is 1080. The summed E-state index contributed by atoms with van der Waals surface area (Å²) in [5, 5.41) is 11.9. The van der Waals surface area contributed by atoms with E-state index >= 15 is 0 Å². The van der Waals surface area contributed by atoms with E-state index in [0.29, 0.717) is 53.6 Å². The highest BCUT2D eigenvalue weighted by atomic mass is 16.5. The quantitative estimate of drug-likeness (QED) is 0.375. The van der Waals surface area contributed by atoms with Gasteiger partial charge in [-0.25, -0.2) is 19.7 Å². The number of pyridine rings is 1. The molecule has 0 bridgehead atoms. The van der Waals surface area contributed by atoms with Crippen molar-refractivity contribution in [3.05, 3.63) is 54.0 Å². The molecule has 2 aromatic heterocycles. The maximum absolute atomic E-state index is 12.2. The Morgan fingerprint density at radius 3 is 2.44 bits per heavy atom. The van der Waals surface area contributed by atoms with Gasteiger partial charge in [-0.1, -0.05) is 0 Å². The number of aryl methyl sites for hydroxylation is 2. The zero-order chi connectivity index (χ0) is 22.9. The second-order valence-corrected chi connectivity index (χ2v) is 6.91. The number of hydrogen-bond donors (Lipinski definition) is 4. The molecule has 0 fully saturated rings. The minimum Gasteiger partial charge on any atom is -0.493 e. The molecule has 4 N–H and O–H groups in total. The predicted octanol–water partition coefficient (Wildman–Crippen LogP) is 3.48. The smallest absolute Gasteiger partial charge is 0.319 e. The first-order chi connectivity index (χ1) is 15.5. The molecule has 2 heterocycles. The van der Waals surface area contributed by atoms with Crippen LogP contribution in [0.4, 0.5) is 27.9 Å². The zero-order valence-corrected chi connectivity index (χ0v) is 18.5. The van der Waals surface area contributed by atoms with Gasteiger partial charge in [-0.05, 0) is 43.7 Å². The van der Waals surface area contributed by atoms with Crippen molar-refractivity contribution >= 4 is 29.2 Å². The van der Waals surface area contributed by atoms with Crippen molar-refractivity contribution in [3.8, 4) is 11.5 Å². The monoisotopic (exact) mass is 437 g/mol. The summed E-state index contributed by atoms with van der Waals surface area (Å²) >= 11 is 0. The minimum atomic E-state index is -0.328. The third-order valence-corrected chi connectivity index (χ3v) is 4.37. The number of rotatable bonds is 9. The largest absolute Gasteiger partial charge is 0.493 e. The molecule has 168 valence electrons. The van der Waals surface area contributed by atoms with Gasteiger partial charge >= 0.3 is 6.03 Å². The van der Waals surface area contributed by atoms with Crippen LogP contribution in [0.3, 0.4) is 0 Å². The summed E-state index contributed by atoms with van der Waals surface area (Å²) in [6, 6.07) is 10.5. The molecule has 3 rings (SSSR count). The van der Waals surface area contributed by atoms with Crippen molar-refractivity contribution in [1.29, 1.82) is 0 Å². The summed E-state index contributed by atoms with van der Waals surface area (Å²) in [4.78, 5) is 25.2. The van der Waals surface area contributed by atoms with E-state index in [1.54, 1.807) is 44.7 Å². The van der Waals surface area contributed by atoms with Gasteiger partial charge in [0.05, 0.1) is 14.2 Å². The van der Waals surface area contributed by atoms with Gasteiger partial charge < -0.3 is 30.7 Å². The lowest BCUT2D eigenvalue weighted by molar-refractivity contribution is 0.252. The molecule has 0 aliphatic carbocycles. The van der Waals surface area contributed by atoms with E-state index in [1.165, 1.54) is 0 Å². The Morgan fingerprint density at radius 2 is 1.69 bits per heavy atom. The molecule has 3 aromatic rings. The molecule has 10 nitrogen and oxygen atoms in total. The molecule has 0 spiro atoms. The Labute approximate surface area is 186 Å².